The molecule has 1 rings (SSSR count). The van der Waals surface area contributed by atoms with Gasteiger partial charge in [0.05, 0.1) is 12.1 Å². The number of amides is 2. The summed E-state index contributed by atoms with van der Waals surface area (Å²) < 4.78 is 5.25. The van der Waals surface area contributed by atoms with Crippen molar-refractivity contribution in [2.75, 3.05) is 11.9 Å². The van der Waals surface area contributed by atoms with Gasteiger partial charge in [0.25, 0.3) is 0 Å². The van der Waals surface area contributed by atoms with Gasteiger partial charge in [-0.1, -0.05) is 12.1 Å². The quantitative estimate of drug-likeness (QED) is 0.838. The number of ether oxygens (including phenoxy) is 1. The number of carbonyl (C=O) groups excluding carboxylic acids is 2. The van der Waals surface area contributed by atoms with Crippen LogP contribution >= 0.6 is 0 Å². The van der Waals surface area contributed by atoms with E-state index >= 15 is 0 Å². The molecule has 1 aromatic carbocycles. The Balaban J connectivity index is 2.60. The molecule has 0 fully saturated rings. The summed E-state index contributed by atoms with van der Waals surface area (Å²) in [5.41, 5.74) is 1.64. The Morgan fingerprint density at radius 1 is 1.25 bits per heavy atom. The van der Waals surface area contributed by atoms with Gasteiger partial charge in [-0.05, 0) is 38.5 Å². The summed E-state index contributed by atoms with van der Waals surface area (Å²) in [7, 11) is 0. The molecule has 0 aliphatic rings. The van der Waals surface area contributed by atoms with Crippen molar-refractivity contribution in [3.05, 3.63) is 29.8 Å². The van der Waals surface area contributed by atoms with Crippen LogP contribution in [-0.2, 0) is 14.3 Å². The molecule has 0 heterocycles. The van der Waals surface area contributed by atoms with Crippen LogP contribution in [0.3, 0.4) is 0 Å². The first-order valence-corrected chi connectivity index (χ1v) is 6.67. The van der Waals surface area contributed by atoms with Gasteiger partial charge in [0.1, 0.15) is 6.61 Å². The van der Waals surface area contributed by atoms with Gasteiger partial charge in [0.15, 0.2) is 0 Å². The summed E-state index contributed by atoms with van der Waals surface area (Å²) in [6, 6.07) is 7.25. The minimum absolute atomic E-state index is 0.0270. The van der Waals surface area contributed by atoms with E-state index in [2.05, 4.69) is 10.6 Å². The van der Waals surface area contributed by atoms with Crippen molar-refractivity contribution in [3.63, 3.8) is 0 Å². The van der Waals surface area contributed by atoms with Crippen LogP contribution in [-0.4, -0.2) is 24.5 Å². The van der Waals surface area contributed by atoms with Gasteiger partial charge in [-0.3, -0.25) is 9.59 Å². The van der Waals surface area contributed by atoms with Crippen LogP contribution in [0.4, 0.5) is 5.69 Å². The lowest BCUT2D eigenvalue weighted by Crippen LogP contribution is -2.31. The molecule has 0 spiro atoms. The molecular weight excluding hydrogens is 256 g/mol. The molecule has 0 radical (unpaired) electrons. The normalized spacial score (nSPS) is 12.1. The second kappa shape index (κ2) is 7.65. The molecule has 2 amide bonds. The number of rotatable bonds is 6. The lowest BCUT2D eigenvalue weighted by Gasteiger charge is -2.16. The lowest BCUT2D eigenvalue weighted by atomic mass is 10.1. The second-order valence-corrected chi connectivity index (χ2v) is 4.96. The Kier molecular flexibility index (Phi) is 6.18. The third-order valence-electron chi connectivity index (χ3n) is 2.63. The summed E-state index contributed by atoms with van der Waals surface area (Å²) >= 11 is 0. The first-order chi connectivity index (χ1) is 9.38. The van der Waals surface area contributed by atoms with Gasteiger partial charge >= 0.3 is 0 Å². The summed E-state index contributed by atoms with van der Waals surface area (Å²) in [6.45, 7) is 7.16. The predicted molar refractivity (Wildman–Crippen MR) is 78.4 cm³/mol. The number of nitrogens with one attached hydrogen (secondary N) is 2. The van der Waals surface area contributed by atoms with Crippen LogP contribution in [0.25, 0.3) is 0 Å². The zero-order chi connectivity index (χ0) is 15.1. The van der Waals surface area contributed by atoms with Crippen LogP contribution in [0, 0.1) is 0 Å². The van der Waals surface area contributed by atoms with Gasteiger partial charge in [0, 0.05) is 12.6 Å². The molecule has 0 saturated heterocycles. The molecule has 0 bridgehead atoms. The highest BCUT2D eigenvalue weighted by molar-refractivity contribution is 5.88. The van der Waals surface area contributed by atoms with E-state index < -0.39 is 0 Å². The number of hydrogen-bond acceptors (Lipinski definition) is 3. The summed E-state index contributed by atoms with van der Waals surface area (Å²) in [5.74, 6) is -0.277. The van der Waals surface area contributed by atoms with Gasteiger partial charge < -0.3 is 15.4 Å². The highest BCUT2D eigenvalue weighted by Gasteiger charge is 2.11. The van der Waals surface area contributed by atoms with Crippen LogP contribution in [0.5, 0.6) is 0 Å². The smallest absolute Gasteiger partial charge is 0.246 e. The Morgan fingerprint density at radius 2 is 1.95 bits per heavy atom. The fourth-order valence-electron chi connectivity index (χ4n) is 1.70. The first-order valence-electron chi connectivity index (χ1n) is 6.67. The fraction of sp³-hybridized carbons (Fsp3) is 0.467. The molecule has 0 aliphatic carbocycles. The average Bonchev–Trinajstić information content (AvgIpc) is 2.36. The molecule has 1 aromatic rings. The van der Waals surface area contributed by atoms with Crippen molar-refractivity contribution in [1.29, 1.82) is 0 Å². The molecule has 0 saturated carbocycles. The zero-order valence-corrected chi connectivity index (χ0v) is 12.4. The molecule has 5 nitrogen and oxygen atoms in total. The molecular formula is C15H22N2O3. The van der Waals surface area contributed by atoms with Gasteiger partial charge in [-0.25, -0.2) is 0 Å². The van der Waals surface area contributed by atoms with Crippen molar-refractivity contribution in [2.45, 2.75) is 39.8 Å². The largest absolute Gasteiger partial charge is 0.369 e. The Morgan fingerprint density at radius 3 is 2.55 bits per heavy atom. The average molecular weight is 278 g/mol. The Labute approximate surface area is 119 Å². The van der Waals surface area contributed by atoms with E-state index in [0.29, 0.717) is 0 Å². The van der Waals surface area contributed by atoms with Crippen LogP contribution < -0.4 is 10.6 Å². The summed E-state index contributed by atoms with van der Waals surface area (Å²) in [6.07, 6.45) is 0.0270. The van der Waals surface area contributed by atoms with Crippen molar-refractivity contribution < 1.29 is 14.3 Å². The molecule has 2 N–H and O–H groups in total. The first kappa shape index (κ1) is 16.2. The van der Waals surface area contributed by atoms with E-state index in [1.807, 2.05) is 39.0 Å². The van der Waals surface area contributed by atoms with Crippen LogP contribution in [0.2, 0.25) is 0 Å². The minimum atomic E-state index is -0.156. The summed E-state index contributed by atoms with van der Waals surface area (Å²) in [4.78, 5) is 22.7. The minimum Gasteiger partial charge on any atom is -0.369 e. The fourth-order valence-corrected chi connectivity index (χ4v) is 1.70. The number of carbonyl (C=O) groups is 2. The lowest BCUT2D eigenvalue weighted by molar-refractivity contribution is -0.127. The maximum absolute atomic E-state index is 11.7. The highest BCUT2D eigenvalue weighted by Crippen LogP contribution is 2.17. The molecule has 110 valence electrons. The zero-order valence-electron chi connectivity index (χ0n) is 12.4. The van der Waals surface area contributed by atoms with Gasteiger partial charge in [0.2, 0.25) is 11.8 Å². The van der Waals surface area contributed by atoms with E-state index in [4.69, 9.17) is 4.74 Å². The van der Waals surface area contributed by atoms with E-state index in [-0.39, 0.29) is 30.6 Å². The Hall–Kier alpha value is -1.88. The topological polar surface area (TPSA) is 67.4 Å². The number of anilines is 1. The van der Waals surface area contributed by atoms with Crippen molar-refractivity contribution >= 4 is 17.5 Å². The van der Waals surface area contributed by atoms with Crippen LogP contribution in [0.15, 0.2) is 24.3 Å². The van der Waals surface area contributed by atoms with Gasteiger partial charge in [-0.15, -0.1) is 0 Å². The third kappa shape index (κ3) is 5.84. The third-order valence-corrected chi connectivity index (χ3v) is 2.63. The van der Waals surface area contributed by atoms with E-state index in [1.54, 1.807) is 6.07 Å². The second-order valence-electron chi connectivity index (χ2n) is 4.96. The van der Waals surface area contributed by atoms with E-state index in [0.717, 1.165) is 11.3 Å². The number of hydrogen-bond donors (Lipinski definition) is 2. The maximum atomic E-state index is 11.7. The SMILES string of the molecule is CC(=O)Nc1cccc(C(C)NC(=O)COC(C)C)c1. The molecule has 20 heavy (non-hydrogen) atoms. The highest BCUT2D eigenvalue weighted by atomic mass is 16.5. The monoisotopic (exact) mass is 278 g/mol. The number of benzene rings is 1. The molecule has 1 atom stereocenters. The standard InChI is InChI=1S/C15H22N2O3/c1-10(2)20-9-15(19)16-11(3)13-6-5-7-14(8-13)17-12(4)18/h5-8,10-11H,9H2,1-4H3,(H,16,19)(H,17,18). The van der Waals surface area contributed by atoms with Crippen molar-refractivity contribution in [3.8, 4) is 0 Å². The van der Waals surface area contributed by atoms with Gasteiger partial charge in [-0.2, -0.15) is 0 Å². The van der Waals surface area contributed by atoms with E-state index in [1.165, 1.54) is 6.92 Å². The predicted octanol–water partition coefficient (Wildman–Crippen LogP) is 2.25. The molecule has 5 heteroatoms. The maximum Gasteiger partial charge on any atom is 0.246 e. The van der Waals surface area contributed by atoms with E-state index in [9.17, 15) is 9.59 Å². The molecule has 0 aromatic heterocycles. The van der Waals surface area contributed by atoms with Crippen molar-refractivity contribution in [1.82, 2.24) is 5.32 Å². The molecule has 1 unspecified atom stereocenters. The molecule has 0 aliphatic heterocycles. The van der Waals surface area contributed by atoms with Crippen LogP contribution in [0.1, 0.15) is 39.3 Å². The van der Waals surface area contributed by atoms with Crippen molar-refractivity contribution in [2.24, 2.45) is 0 Å². The Bertz CT molecular complexity index is 472. The summed E-state index contributed by atoms with van der Waals surface area (Å²) in [5, 5.41) is 5.57.